The Labute approximate surface area is 93.5 Å². The van der Waals surface area contributed by atoms with Crippen molar-refractivity contribution in [2.75, 3.05) is 20.3 Å². The second kappa shape index (κ2) is 5.78. The molecule has 0 radical (unpaired) electrons. The molecule has 0 aliphatic carbocycles. The third-order valence-electron chi connectivity index (χ3n) is 1.92. The van der Waals surface area contributed by atoms with Crippen molar-refractivity contribution in [3.63, 3.8) is 0 Å². The third-order valence-corrected chi connectivity index (χ3v) is 2.22. The van der Waals surface area contributed by atoms with Gasteiger partial charge in [-0.1, -0.05) is 6.92 Å². The van der Waals surface area contributed by atoms with Crippen molar-refractivity contribution in [3.8, 4) is 0 Å². The van der Waals surface area contributed by atoms with Gasteiger partial charge in [0.25, 0.3) is 5.91 Å². The van der Waals surface area contributed by atoms with E-state index < -0.39 is 0 Å². The smallest absolute Gasteiger partial charge is 0.256 e. The minimum atomic E-state index is -0.225. The summed E-state index contributed by atoms with van der Waals surface area (Å²) in [6, 6.07) is 1.54. The summed E-state index contributed by atoms with van der Waals surface area (Å²) >= 11 is 5.66. The Balaban J connectivity index is 2.40. The molecule has 0 aliphatic rings. The van der Waals surface area contributed by atoms with E-state index in [9.17, 15) is 4.79 Å². The molecule has 84 valence electrons. The molecule has 0 saturated carbocycles. The summed E-state index contributed by atoms with van der Waals surface area (Å²) in [6.07, 6.45) is 1.38. The molecule has 0 aliphatic heterocycles. The second-order valence-corrected chi connectivity index (χ2v) is 3.72. The van der Waals surface area contributed by atoms with Gasteiger partial charge in [0.15, 0.2) is 0 Å². The van der Waals surface area contributed by atoms with Gasteiger partial charge in [-0.05, 0) is 23.6 Å². The summed E-state index contributed by atoms with van der Waals surface area (Å²) in [5, 5.41) is 2.86. The predicted molar refractivity (Wildman–Crippen MR) is 57.1 cm³/mol. The fourth-order valence-electron chi connectivity index (χ4n) is 1.16. The summed E-state index contributed by atoms with van der Waals surface area (Å²) < 4.78 is 9.77. The molecule has 0 aromatic carbocycles. The molecule has 1 heterocycles. The average Bonchev–Trinajstić information content (AvgIpc) is 2.61. The number of furan rings is 1. The van der Waals surface area contributed by atoms with E-state index in [1.165, 1.54) is 6.26 Å². The molecule has 0 bridgehead atoms. The van der Waals surface area contributed by atoms with Crippen molar-refractivity contribution in [1.82, 2.24) is 5.32 Å². The van der Waals surface area contributed by atoms with Crippen LogP contribution in [0.4, 0.5) is 0 Å². The first-order chi connectivity index (χ1) is 7.15. The van der Waals surface area contributed by atoms with Crippen LogP contribution in [0.2, 0.25) is 5.22 Å². The van der Waals surface area contributed by atoms with Crippen LogP contribution in [0, 0.1) is 5.92 Å². The number of hydrogen-bond acceptors (Lipinski definition) is 3. The number of halogens is 1. The van der Waals surface area contributed by atoms with Crippen LogP contribution < -0.4 is 5.32 Å². The lowest BCUT2D eigenvalue weighted by molar-refractivity contribution is 0.0933. The van der Waals surface area contributed by atoms with Gasteiger partial charge in [0.05, 0.1) is 18.4 Å². The topological polar surface area (TPSA) is 51.5 Å². The molecule has 0 spiro atoms. The quantitative estimate of drug-likeness (QED) is 0.843. The van der Waals surface area contributed by atoms with E-state index in [0.29, 0.717) is 18.7 Å². The molecule has 1 unspecified atom stereocenters. The van der Waals surface area contributed by atoms with Crippen LogP contribution in [0.15, 0.2) is 16.7 Å². The van der Waals surface area contributed by atoms with Crippen molar-refractivity contribution in [1.29, 1.82) is 0 Å². The molecule has 1 aromatic heterocycles. The van der Waals surface area contributed by atoms with Crippen LogP contribution in [0.3, 0.4) is 0 Å². The summed E-state index contributed by atoms with van der Waals surface area (Å²) in [4.78, 5) is 11.5. The molecule has 1 amide bonds. The number of hydrogen-bond donors (Lipinski definition) is 1. The van der Waals surface area contributed by atoms with Gasteiger partial charge in [-0.2, -0.15) is 0 Å². The van der Waals surface area contributed by atoms with E-state index in [1.807, 2.05) is 6.92 Å². The molecule has 0 fully saturated rings. The third kappa shape index (κ3) is 3.57. The second-order valence-electron chi connectivity index (χ2n) is 3.38. The Morgan fingerprint density at radius 2 is 2.47 bits per heavy atom. The normalized spacial score (nSPS) is 12.5. The number of ether oxygens (including phenoxy) is 1. The highest BCUT2D eigenvalue weighted by Crippen LogP contribution is 2.16. The van der Waals surface area contributed by atoms with Crippen molar-refractivity contribution in [2.45, 2.75) is 6.92 Å². The first-order valence-electron chi connectivity index (χ1n) is 4.65. The van der Waals surface area contributed by atoms with E-state index >= 15 is 0 Å². The van der Waals surface area contributed by atoms with Gasteiger partial charge < -0.3 is 14.5 Å². The Hall–Kier alpha value is -1.00. The Kier molecular flexibility index (Phi) is 4.65. The van der Waals surface area contributed by atoms with E-state index in [-0.39, 0.29) is 17.0 Å². The number of carbonyl (C=O) groups is 1. The summed E-state index contributed by atoms with van der Waals surface area (Å²) in [5.74, 6) is 0.0429. The number of amides is 1. The van der Waals surface area contributed by atoms with Crippen molar-refractivity contribution >= 4 is 17.5 Å². The maximum atomic E-state index is 11.5. The van der Waals surface area contributed by atoms with E-state index in [1.54, 1.807) is 13.2 Å². The lowest BCUT2D eigenvalue weighted by Crippen LogP contribution is -2.29. The highest BCUT2D eigenvalue weighted by atomic mass is 35.5. The minimum Gasteiger partial charge on any atom is -0.452 e. The molecular weight excluding hydrogens is 218 g/mol. The lowest BCUT2D eigenvalue weighted by Gasteiger charge is -2.10. The molecule has 1 aromatic rings. The number of carbonyl (C=O) groups excluding carboxylic acids is 1. The van der Waals surface area contributed by atoms with Gasteiger partial charge in [0, 0.05) is 13.7 Å². The molecule has 4 nitrogen and oxygen atoms in total. The van der Waals surface area contributed by atoms with Crippen LogP contribution in [0.5, 0.6) is 0 Å². The molecule has 15 heavy (non-hydrogen) atoms. The Morgan fingerprint density at radius 3 is 3.00 bits per heavy atom. The fraction of sp³-hybridized carbons (Fsp3) is 0.500. The average molecular weight is 232 g/mol. The van der Waals surface area contributed by atoms with Gasteiger partial charge in [-0.25, -0.2) is 0 Å². The minimum absolute atomic E-state index is 0.117. The molecule has 0 saturated heterocycles. The Bertz CT molecular complexity index is 324. The first-order valence-corrected chi connectivity index (χ1v) is 5.03. The molecule has 1 rings (SSSR count). The summed E-state index contributed by atoms with van der Waals surface area (Å²) in [6.45, 7) is 3.15. The lowest BCUT2D eigenvalue weighted by atomic mass is 10.2. The monoisotopic (exact) mass is 231 g/mol. The standard InChI is InChI=1S/C10H14ClNO3/c1-7(6-14-2)5-12-10(13)8-3-4-15-9(8)11/h3-4,7H,5-6H2,1-2H3,(H,12,13). The SMILES string of the molecule is COCC(C)CNC(=O)c1ccoc1Cl. The van der Waals surface area contributed by atoms with Gasteiger partial charge in [0.2, 0.25) is 5.22 Å². The van der Waals surface area contributed by atoms with E-state index in [4.69, 9.17) is 20.8 Å². The van der Waals surface area contributed by atoms with E-state index in [2.05, 4.69) is 5.32 Å². The largest absolute Gasteiger partial charge is 0.452 e. The highest BCUT2D eigenvalue weighted by molar-refractivity contribution is 6.32. The Morgan fingerprint density at radius 1 is 1.73 bits per heavy atom. The highest BCUT2D eigenvalue weighted by Gasteiger charge is 2.13. The zero-order chi connectivity index (χ0) is 11.3. The zero-order valence-corrected chi connectivity index (χ0v) is 9.50. The van der Waals surface area contributed by atoms with Crippen molar-refractivity contribution < 1.29 is 13.9 Å². The van der Waals surface area contributed by atoms with Crippen LogP contribution in [-0.2, 0) is 4.74 Å². The molecule has 1 atom stereocenters. The molecule has 1 N–H and O–H groups in total. The number of rotatable bonds is 5. The van der Waals surface area contributed by atoms with Gasteiger partial charge in [-0.15, -0.1) is 0 Å². The van der Waals surface area contributed by atoms with Crippen LogP contribution in [0.25, 0.3) is 0 Å². The van der Waals surface area contributed by atoms with E-state index in [0.717, 1.165) is 0 Å². The van der Waals surface area contributed by atoms with Crippen molar-refractivity contribution in [3.05, 3.63) is 23.1 Å². The van der Waals surface area contributed by atoms with Crippen LogP contribution >= 0.6 is 11.6 Å². The number of nitrogens with one attached hydrogen (secondary N) is 1. The first kappa shape index (κ1) is 12.1. The maximum absolute atomic E-state index is 11.5. The van der Waals surface area contributed by atoms with Gasteiger partial charge >= 0.3 is 0 Å². The van der Waals surface area contributed by atoms with Gasteiger partial charge in [-0.3, -0.25) is 4.79 Å². The fourth-order valence-corrected chi connectivity index (χ4v) is 1.36. The zero-order valence-electron chi connectivity index (χ0n) is 8.75. The summed E-state index contributed by atoms with van der Waals surface area (Å²) in [7, 11) is 1.63. The van der Waals surface area contributed by atoms with Crippen molar-refractivity contribution in [2.24, 2.45) is 5.92 Å². The molecular formula is C10H14ClNO3. The molecule has 5 heteroatoms. The predicted octanol–water partition coefficient (Wildman–Crippen LogP) is 1.95. The maximum Gasteiger partial charge on any atom is 0.256 e. The van der Waals surface area contributed by atoms with Gasteiger partial charge in [0.1, 0.15) is 0 Å². The summed E-state index contributed by atoms with van der Waals surface area (Å²) in [5.41, 5.74) is 0.362. The van der Waals surface area contributed by atoms with Crippen LogP contribution in [-0.4, -0.2) is 26.2 Å². The van der Waals surface area contributed by atoms with Crippen LogP contribution in [0.1, 0.15) is 17.3 Å². The number of methoxy groups -OCH3 is 1.